The fourth-order valence-electron chi connectivity index (χ4n) is 2.81. The molecule has 1 heterocycles. The molecule has 0 aliphatic carbocycles. The molecule has 0 amide bonds. The molecule has 3 heteroatoms. The van der Waals surface area contributed by atoms with Crippen molar-refractivity contribution < 1.29 is 5.11 Å². The lowest BCUT2D eigenvalue weighted by atomic mass is 9.93. The van der Waals surface area contributed by atoms with E-state index in [0.29, 0.717) is 0 Å². The van der Waals surface area contributed by atoms with E-state index in [-0.39, 0.29) is 0 Å². The molecule has 1 atom stereocenters. The first-order valence-corrected chi connectivity index (χ1v) is 7.47. The van der Waals surface area contributed by atoms with Crippen molar-refractivity contribution in [3.05, 3.63) is 66.0 Å². The third-order valence-corrected chi connectivity index (χ3v) is 3.86. The minimum absolute atomic E-state index is 0.510. The zero-order valence-corrected chi connectivity index (χ0v) is 12.9. The first-order chi connectivity index (χ1) is 10.6. The van der Waals surface area contributed by atoms with Gasteiger partial charge < -0.3 is 10.1 Å². The summed E-state index contributed by atoms with van der Waals surface area (Å²) in [5, 5.41) is 10.1. The van der Waals surface area contributed by atoms with E-state index in [1.54, 1.807) is 6.92 Å². The second kappa shape index (κ2) is 5.78. The average molecular weight is 292 g/mol. The summed E-state index contributed by atoms with van der Waals surface area (Å²) in [4.78, 5) is 7.73. The monoisotopic (exact) mass is 292 g/mol. The van der Waals surface area contributed by atoms with Gasteiger partial charge in [-0.15, -0.1) is 6.58 Å². The summed E-state index contributed by atoms with van der Waals surface area (Å²) in [6.07, 6.45) is 2.20. The molecule has 0 spiro atoms. The Morgan fingerprint density at radius 3 is 2.82 bits per heavy atom. The highest BCUT2D eigenvalue weighted by Crippen LogP contribution is 2.31. The van der Waals surface area contributed by atoms with Gasteiger partial charge in [-0.1, -0.05) is 30.3 Å². The Kier molecular flexibility index (Phi) is 3.82. The number of aromatic amines is 1. The number of nitrogens with zero attached hydrogens (tertiary/aromatic N) is 1. The van der Waals surface area contributed by atoms with Crippen molar-refractivity contribution >= 4 is 11.0 Å². The molecular formula is C19H20N2O. The summed E-state index contributed by atoms with van der Waals surface area (Å²) in [6, 6.07) is 12.3. The van der Waals surface area contributed by atoms with Crippen LogP contribution in [0.3, 0.4) is 0 Å². The Bertz CT molecular complexity index is 831. The Balaban J connectivity index is 2.17. The summed E-state index contributed by atoms with van der Waals surface area (Å²) in [5.74, 6) is 0.906. The van der Waals surface area contributed by atoms with Crippen molar-refractivity contribution in [3.63, 3.8) is 0 Å². The largest absolute Gasteiger partial charge is 0.389 e. The van der Waals surface area contributed by atoms with E-state index < -0.39 is 6.10 Å². The normalized spacial score (nSPS) is 12.5. The van der Waals surface area contributed by atoms with Crippen LogP contribution in [0.25, 0.3) is 22.2 Å². The van der Waals surface area contributed by atoms with E-state index >= 15 is 0 Å². The molecule has 2 N–H and O–H groups in total. The van der Waals surface area contributed by atoms with Gasteiger partial charge in [0.05, 0.1) is 17.1 Å². The average Bonchev–Trinajstić information content (AvgIpc) is 2.86. The number of hydrogen-bond donors (Lipinski definition) is 2. The number of aryl methyl sites for hydroxylation is 1. The van der Waals surface area contributed by atoms with Crippen molar-refractivity contribution in [1.29, 1.82) is 0 Å². The maximum absolute atomic E-state index is 10.1. The second-order valence-corrected chi connectivity index (χ2v) is 5.64. The van der Waals surface area contributed by atoms with Gasteiger partial charge in [0.2, 0.25) is 0 Å². The van der Waals surface area contributed by atoms with Crippen LogP contribution in [0.4, 0.5) is 0 Å². The molecule has 3 aromatic rings. The maximum Gasteiger partial charge on any atom is 0.104 e. The number of allylic oxidation sites excluding steroid dienone is 1. The summed E-state index contributed by atoms with van der Waals surface area (Å²) < 4.78 is 0. The molecule has 1 aromatic heterocycles. The van der Waals surface area contributed by atoms with E-state index in [0.717, 1.165) is 40.0 Å². The molecule has 2 aromatic carbocycles. The number of aromatic nitrogens is 2. The van der Waals surface area contributed by atoms with Crippen LogP contribution < -0.4 is 0 Å². The number of aliphatic hydroxyl groups excluding tert-OH is 1. The number of fused-ring (bicyclic) bond motifs is 1. The van der Waals surface area contributed by atoms with Gasteiger partial charge in [-0.05, 0) is 54.7 Å². The molecule has 0 aliphatic rings. The number of nitrogens with one attached hydrogen (secondary N) is 1. The van der Waals surface area contributed by atoms with E-state index in [1.165, 1.54) is 5.56 Å². The summed E-state index contributed by atoms with van der Waals surface area (Å²) in [5.41, 5.74) is 6.22. The highest BCUT2D eigenvalue weighted by atomic mass is 16.3. The Morgan fingerprint density at radius 2 is 2.09 bits per heavy atom. The number of hydrogen-bond acceptors (Lipinski definition) is 2. The molecule has 112 valence electrons. The Hall–Kier alpha value is -2.39. The molecule has 0 radical (unpaired) electrons. The first-order valence-electron chi connectivity index (χ1n) is 7.47. The first kappa shape index (κ1) is 14.5. The minimum Gasteiger partial charge on any atom is -0.389 e. The number of benzene rings is 2. The van der Waals surface area contributed by atoms with Gasteiger partial charge in [0.1, 0.15) is 5.82 Å². The number of aliphatic hydroxyl groups is 1. The number of imidazole rings is 1. The van der Waals surface area contributed by atoms with Gasteiger partial charge in [-0.2, -0.15) is 0 Å². The summed E-state index contributed by atoms with van der Waals surface area (Å²) in [7, 11) is 0. The van der Waals surface area contributed by atoms with Crippen LogP contribution in [0, 0.1) is 6.92 Å². The van der Waals surface area contributed by atoms with Crippen molar-refractivity contribution in [2.45, 2.75) is 26.4 Å². The Labute approximate surface area is 130 Å². The quantitative estimate of drug-likeness (QED) is 0.704. The zero-order valence-electron chi connectivity index (χ0n) is 12.9. The lowest BCUT2D eigenvalue weighted by Gasteiger charge is -2.14. The lowest BCUT2D eigenvalue weighted by Crippen LogP contribution is -1.97. The molecule has 0 saturated heterocycles. The Morgan fingerprint density at radius 1 is 1.27 bits per heavy atom. The third-order valence-electron chi connectivity index (χ3n) is 3.86. The van der Waals surface area contributed by atoms with Crippen molar-refractivity contribution in [3.8, 4) is 11.1 Å². The smallest absolute Gasteiger partial charge is 0.104 e. The predicted molar refractivity (Wildman–Crippen MR) is 90.8 cm³/mol. The van der Waals surface area contributed by atoms with Gasteiger partial charge in [0.15, 0.2) is 0 Å². The van der Waals surface area contributed by atoms with Gasteiger partial charge in [0.25, 0.3) is 0 Å². The maximum atomic E-state index is 10.1. The summed E-state index contributed by atoms with van der Waals surface area (Å²) >= 11 is 0. The van der Waals surface area contributed by atoms with Gasteiger partial charge in [-0.25, -0.2) is 4.98 Å². The van der Waals surface area contributed by atoms with Crippen LogP contribution in [0.5, 0.6) is 0 Å². The van der Waals surface area contributed by atoms with E-state index in [2.05, 4.69) is 34.7 Å². The van der Waals surface area contributed by atoms with E-state index in [9.17, 15) is 5.11 Å². The van der Waals surface area contributed by atoms with Crippen molar-refractivity contribution in [1.82, 2.24) is 9.97 Å². The standard InChI is InChI=1S/C19H20N2O/c1-4-5-14-6-8-16(12(2)22)17(10-14)15-7-9-18-19(11-15)21-13(3)20-18/h4,6-12,22H,1,5H2,2-3H3,(H,20,21). The van der Waals surface area contributed by atoms with Crippen molar-refractivity contribution in [2.24, 2.45) is 0 Å². The molecular weight excluding hydrogens is 272 g/mol. The topological polar surface area (TPSA) is 48.9 Å². The SMILES string of the molecule is C=CCc1ccc(C(C)O)c(-c2ccc3[nH]c(C)nc3c2)c1. The third kappa shape index (κ3) is 2.68. The van der Waals surface area contributed by atoms with Crippen LogP contribution in [-0.4, -0.2) is 15.1 Å². The van der Waals surface area contributed by atoms with Crippen LogP contribution in [0.15, 0.2) is 49.1 Å². The van der Waals surface area contributed by atoms with Gasteiger partial charge >= 0.3 is 0 Å². The number of rotatable bonds is 4. The van der Waals surface area contributed by atoms with Crippen LogP contribution in [-0.2, 0) is 6.42 Å². The van der Waals surface area contributed by atoms with Crippen LogP contribution in [0.2, 0.25) is 0 Å². The molecule has 0 saturated carbocycles. The molecule has 0 aliphatic heterocycles. The molecule has 3 nitrogen and oxygen atoms in total. The van der Waals surface area contributed by atoms with E-state index in [4.69, 9.17) is 0 Å². The summed E-state index contributed by atoms with van der Waals surface area (Å²) in [6.45, 7) is 7.54. The predicted octanol–water partition coefficient (Wildman–Crippen LogP) is 4.32. The molecule has 3 rings (SSSR count). The second-order valence-electron chi connectivity index (χ2n) is 5.64. The van der Waals surface area contributed by atoms with Gasteiger partial charge in [-0.3, -0.25) is 0 Å². The molecule has 0 bridgehead atoms. The van der Waals surface area contributed by atoms with Crippen LogP contribution >= 0.6 is 0 Å². The molecule has 0 fully saturated rings. The fraction of sp³-hybridized carbons (Fsp3) is 0.211. The molecule has 22 heavy (non-hydrogen) atoms. The highest BCUT2D eigenvalue weighted by Gasteiger charge is 2.12. The number of H-pyrrole nitrogens is 1. The fourth-order valence-corrected chi connectivity index (χ4v) is 2.81. The van der Waals surface area contributed by atoms with Gasteiger partial charge in [0, 0.05) is 0 Å². The minimum atomic E-state index is -0.510. The molecule has 1 unspecified atom stereocenters. The van der Waals surface area contributed by atoms with E-state index in [1.807, 2.05) is 31.2 Å². The zero-order chi connectivity index (χ0) is 15.7. The lowest BCUT2D eigenvalue weighted by molar-refractivity contribution is 0.200. The highest BCUT2D eigenvalue weighted by molar-refractivity contribution is 5.83. The van der Waals surface area contributed by atoms with Crippen LogP contribution in [0.1, 0.15) is 30.0 Å². The van der Waals surface area contributed by atoms with Crippen molar-refractivity contribution in [2.75, 3.05) is 0 Å².